The predicted octanol–water partition coefficient (Wildman–Crippen LogP) is 0.570. The summed E-state index contributed by atoms with van der Waals surface area (Å²) in [5.74, 6) is 0. The molecule has 3 nitrogen and oxygen atoms in total. The van der Waals surface area contributed by atoms with Crippen LogP contribution >= 0.6 is 0 Å². The summed E-state index contributed by atoms with van der Waals surface area (Å²) in [4.78, 5) is 0. The molecular formula is C8H18O3. The fourth-order valence-corrected chi connectivity index (χ4v) is 0.231. The highest BCUT2D eigenvalue weighted by Gasteiger charge is 1.79. The molecule has 0 saturated heterocycles. The molecule has 68 valence electrons. The molecule has 0 rings (SSSR count). The third kappa shape index (κ3) is 26.2. The first-order valence-electron chi connectivity index (χ1n) is 3.70. The van der Waals surface area contributed by atoms with Crippen molar-refractivity contribution in [3.63, 3.8) is 0 Å². The SMILES string of the molecule is CC=CC.OCCOCCO. The van der Waals surface area contributed by atoms with Gasteiger partial charge in [-0.2, -0.15) is 0 Å². The van der Waals surface area contributed by atoms with E-state index in [0.29, 0.717) is 13.2 Å². The first kappa shape index (κ1) is 13.2. The Kier molecular flexibility index (Phi) is 19.6. The lowest BCUT2D eigenvalue weighted by molar-refractivity contribution is 0.0650. The van der Waals surface area contributed by atoms with Crippen molar-refractivity contribution in [3.8, 4) is 0 Å². The average Bonchev–Trinajstić information content (AvgIpc) is 2.06. The monoisotopic (exact) mass is 162 g/mol. The van der Waals surface area contributed by atoms with E-state index in [-0.39, 0.29) is 13.2 Å². The number of allylic oxidation sites excluding steroid dienone is 2. The van der Waals surface area contributed by atoms with E-state index in [9.17, 15) is 0 Å². The Balaban J connectivity index is 0. The van der Waals surface area contributed by atoms with Gasteiger partial charge in [0.25, 0.3) is 0 Å². The minimum Gasteiger partial charge on any atom is -0.394 e. The zero-order valence-corrected chi connectivity index (χ0v) is 7.29. The minimum atomic E-state index is 0.0278. The van der Waals surface area contributed by atoms with Gasteiger partial charge in [-0.25, -0.2) is 0 Å². The van der Waals surface area contributed by atoms with Crippen LogP contribution in [0.3, 0.4) is 0 Å². The maximum atomic E-state index is 8.09. The molecule has 0 fully saturated rings. The summed E-state index contributed by atoms with van der Waals surface area (Å²) in [6.07, 6.45) is 4.00. The van der Waals surface area contributed by atoms with Gasteiger partial charge >= 0.3 is 0 Å². The maximum Gasteiger partial charge on any atom is 0.0698 e. The van der Waals surface area contributed by atoms with Crippen LogP contribution in [0.5, 0.6) is 0 Å². The number of ether oxygens (including phenoxy) is 1. The van der Waals surface area contributed by atoms with Gasteiger partial charge in [0.1, 0.15) is 0 Å². The van der Waals surface area contributed by atoms with Crippen LogP contribution in [0.2, 0.25) is 0 Å². The summed E-state index contributed by atoms with van der Waals surface area (Å²) in [5.41, 5.74) is 0. The van der Waals surface area contributed by atoms with Gasteiger partial charge in [0.15, 0.2) is 0 Å². The normalized spacial score (nSPS) is 9.45. The van der Waals surface area contributed by atoms with Gasteiger partial charge in [0, 0.05) is 0 Å². The highest BCUT2D eigenvalue weighted by molar-refractivity contribution is 4.68. The van der Waals surface area contributed by atoms with Crippen LogP contribution in [-0.4, -0.2) is 36.6 Å². The van der Waals surface area contributed by atoms with E-state index < -0.39 is 0 Å². The first-order chi connectivity index (χ1) is 5.33. The van der Waals surface area contributed by atoms with Crippen LogP contribution in [0, 0.1) is 0 Å². The Morgan fingerprint density at radius 3 is 1.55 bits per heavy atom. The quantitative estimate of drug-likeness (QED) is 0.469. The van der Waals surface area contributed by atoms with Crippen molar-refractivity contribution < 1.29 is 14.9 Å². The lowest BCUT2D eigenvalue weighted by atomic mass is 10.6. The van der Waals surface area contributed by atoms with Gasteiger partial charge in [-0.3, -0.25) is 0 Å². The van der Waals surface area contributed by atoms with Crippen LogP contribution in [0.1, 0.15) is 13.8 Å². The maximum absolute atomic E-state index is 8.09. The molecule has 0 spiro atoms. The van der Waals surface area contributed by atoms with Crippen LogP contribution < -0.4 is 0 Å². The largest absolute Gasteiger partial charge is 0.394 e. The molecule has 0 aliphatic heterocycles. The third-order valence-electron chi connectivity index (χ3n) is 0.805. The molecule has 0 atom stereocenters. The van der Waals surface area contributed by atoms with Gasteiger partial charge in [-0.1, -0.05) is 12.2 Å². The topological polar surface area (TPSA) is 49.7 Å². The molecule has 3 heteroatoms. The van der Waals surface area contributed by atoms with E-state index in [2.05, 4.69) is 4.74 Å². The van der Waals surface area contributed by atoms with E-state index in [1.807, 2.05) is 26.0 Å². The molecule has 0 aromatic rings. The number of rotatable bonds is 4. The van der Waals surface area contributed by atoms with E-state index in [4.69, 9.17) is 10.2 Å². The molecule has 0 unspecified atom stereocenters. The number of aliphatic hydroxyl groups excluding tert-OH is 2. The Bertz CT molecular complexity index is 63.7. The van der Waals surface area contributed by atoms with E-state index >= 15 is 0 Å². The smallest absolute Gasteiger partial charge is 0.0698 e. The minimum absolute atomic E-state index is 0.0278. The van der Waals surface area contributed by atoms with E-state index in [0.717, 1.165) is 0 Å². The van der Waals surface area contributed by atoms with Crippen molar-refractivity contribution in [1.82, 2.24) is 0 Å². The van der Waals surface area contributed by atoms with Crippen molar-refractivity contribution in [3.05, 3.63) is 12.2 Å². The fourth-order valence-electron chi connectivity index (χ4n) is 0.231. The zero-order valence-electron chi connectivity index (χ0n) is 7.29. The van der Waals surface area contributed by atoms with Crippen molar-refractivity contribution in [2.24, 2.45) is 0 Å². The van der Waals surface area contributed by atoms with Crippen LogP contribution in [0.25, 0.3) is 0 Å². The Hall–Kier alpha value is -0.380. The van der Waals surface area contributed by atoms with Crippen LogP contribution in [-0.2, 0) is 4.74 Å². The van der Waals surface area contributed by atoms with Crippen molar-refractivity contribution in [2.75, 3.05) is 26.4 Å². The molecule has 0 aromatic carbocycles. The van der Waals surface area contributed by atoms with Crippen molar-refractivity contribution in [2.45, 2.75) is 13.8 Å². The summed E-state index contributed by atoms with van der Waals surface area (Å²) in [6.45, 7) is 4.70. The molecule has 11 heavy (non-hydrogen) atoms. The van der Waals surface area contributed by atoms with Gasteiger partial charge in [0.2, 0.25) is 0 Å². The second-order valence-corrected chi connectivity index (χ2v) is 1.73. The van der Waals surface area contributed by atoms with Crippen molar-refractivity contribution in [1.29, 1.82) is 0 Å². The Morgan fingerprint density at radius 1 is 1.00 bits per heavy atom. The molecule has 0 amide bonds. The molecule has 0 saturated carbocycles. The zero-order chi connectivity index (χ0) is 8.95. The van der Waals surface area contributed by atoms with Gasteiger partial charge in [0.05, 0.1) is 26.4 Å². The second kappa shape index (κ2) is 16.3. The lowest BCUT2D eigenvalue weighted by Gasteiger charge is -1.94. The summed E-state index contributed by atoms with van der Waals surface area (Å²) in [6, 6.07) is 0. The number of hydrogen-bond acceptors (Lipinski definition) is 3. The Morgan fingerprint density at radius 2 is 1.36 bits per heavy atom. The average molecular weight is 162 g/mol. The third-order valence-corrected chi connectivity index (χ3v) is 0.805. The molecule has 0 aliphatic carbocycles. The fraction of sp³-hybridized carbons (Fsp3) is 0.750. The first-order valence-corrected chi connectivity index (χ1v) is 3.70. The Labute approximate surface area is 68.3 Å². The van der Waals surface area contributed by atoms with E-state index in [1.165, 1.54) is 0 Å². The molecule has 0 aromatic heterocycles. The second-order valence-electron chi connectivity index (χ2n) is 1.73. The van der Waals surface area contributed by atoms with Crippen LogP contribution in [0.15, 0.2) is 12.2 Å². The van der Waals surface area contributed by atoms with Crippen LogP contribution in [0.4, 0.5) is 0 Å². The summed E-state index contributed by atoms with van der Waals surface area (Å²) in [5, 5.41) is 16.2. The molecular weight excluding hydrogens is 144 g/mol. The predicted molar refractivity (Wildman–Crippen MR) is 45.5 cm³/mol. The molecule has 0 aliphatic rings. The summed E-state index contributed by atoms with van der Waals surface area (Å²) >= 11 is 0. The van der Waals surface area contributed by atoms with Gasteiger partial charge in [-0.15, -0.1) is 0 Å². The summed E-state index contributed by atoms with van der Waals surface area (Å²) < 4.78 is 4.63. The standard InChI is InChI=1S/C4H10O3.C4H8/c5-1-3-7-4-2-6;1-3-4-2/h5-6H,1-4H2;3-4H,1-2H3. The molecule has 0 heterocycles. The lowest BCUT2D eigenvalue weighted by Crippen LogP contribution is -2.03. The summed E-state index contributed by atoms with van der Waals surface area (Å²) in [7, 11) is 0. The molecule has 0 radical (unpaired) electrons. The molecule has 2 N–H and O–H groups in total. The van der Waals surface area contributed by atoms with E-state index in [1.54, 1.807) is 0 Å². The van der Waals surface area contributed by atoms with Gasteiger partial charge < -0.3 is 14.9 Å². The van der Waals surface area contributed by atoms with Gasteiger partial charge in [-0.05, 0) is 13.8 Å². The van der Waals surface area contributed by atoms with Crippen molar-refractivity contribution >= 4 is 0 Å². The molecule has 0 bridgehead atoms. The number of aliphatic hydroxyl groups is 2. The number of hydrogen-bond donors (Lipinski definition) is 2. The highest BCUT2D eigenvalue weighted by atomic mass is 16.5. The highest BCUT2D eigenvalue weighted by Crippen LogP contribution is 1.68.